The van der Waals surface area contributed by atoms with E-state index in [1.54, 1.807) is 0 Å². The zero-order valence-corrected chi connectivity index (χ0v) is 13.5. The molecule has 0 radical (unpaired) electrons. The van der Waals surface area contributed by atoms with E-state index in [2.05, 4.69) is 57.2 Å². The lowest BCUT2D eigenvalue weighted by Gasteiger charge is -2.62. The van der Waals surface area contributed by atoms with Crippen LogP contribution in [0.25, 0.3) is 0 Å². The van der Waals surface area contributed by atoms with Gasteiger partial charge in [0, 0.05) is 17.0 Å². The maximum atomic E-state index is 12.5. The third-order valence-corrected chi connectivity index (χ3v) is 6.35. The standard InChI is InChI=1S/C15H27N3O2/c1-7-13(4)9-15(11(19)16-12(20)17-15)10(3)14(5,8-2)18(13)6/h10H,7-9H2,1-6H3,(H2,16,17,19,20). The van der Waals surface area contributed by atoms with Crippen molar-refractivity contribution in [2.75, 3.05) is 7.05 Å². The summed E-state index contributed by atoms with van der Waals surface area (Å²) in [6, 6.07) is -0.358. The van der Waals surface area contributed by atoms with E-state index >= 15 is 0 Å². The van der Waals surface area contributed by atoms with Gasteiger partial charge in [0.1, 0.15) is 5.54 Å². The SMILES string of the molecule is CCC1(C)CC2(NC(=O)NC2=O)C(C)C(C)(CC)N1C. The summed E-state index contributed by atoms with van der Waals surface area (Å²) < 4.78 is 0. The molecule has 2 fully saturated rings. The highest BCUT2D eigenvalue weighted by Crippen LogP contribution is 2.50. The van der Waals surface area contributed by atoms with E-state index in [0.29, 0.717) is 6.42 Å². The molecule has 2 aliphatic rings. The van der Waals surface area contributed by atoms with Crippen LogP contribution in [0.4, 0.5) is 4.79 Å². The highest BCUT2D eigenvalue weighted by atomic mass is 16.2. The second kappa shape index (κ2) is 4.45. The topological polar surface area (TPSA) is 61.4 Å². The van der Waals surface area contributed by atoms with Crippen LogP contribution in [0.3, 0.4) is 0 Å². The Morgan fingerprint density at radius 1 is 1.25 bits per heavy atom. The Morgan fingerprint density at radius 2 is 1.85 bits per heavy atom. The van der Waals surface area contributed by atoms with Gasteiger partial charge < -0.3 is 5.32 Å². The Balaban J connectivity index is 2.55. The molecule has 2 saturated heterocycles. The van der Waals surface area contributed by atoms with Gasteiger partial charge in [-0.1, -0.05) is 20.8 Å². The van der Waals surface area contributed by atoms with Gasteiger partial charge in [0.15, 0.2) is 0 Å². The zero-order valence-electron chi connectivity index (χ0n) is 13.5. The first-order chi connectivity index (χ1) is 9.16. The molecule has 0 saturated carbocycles. The van der Waals surface area contributed by atoms with Gasteiger partial charge in [-0.3, -0.25) is 15.0 Å². The summed E-state index contributed by atoms with van der Waals surface area (Å²) in [7, 11) is 2.14. The number of carbonyl (C=O) groups is 2. The molecule has 2 heterocycles. The molecule has 5 nitrogen and oxygen atoms in total. The molecule has 2 aliphatic heterocycles. The van der Waals surface area contributed by atoms with Gasteiger partial charge >= 0.3 is 6.03 Å². The predicted molar refractivity (Wildman–Crippen MR) is 78.3 cm³/mol. The van der Waals surface area contributed by atoms with Crippen molar-refractivity contribution in [1.29, 1.82) is 0 Å². The minimum Gasteiger partial charge on any atom is -0.323 e. The van der Waals surface area contributed by atoms with E-state index in [1.165, 1.54) is 0 Å². The third kappa shape index (κ3) is 1.72. The van der Waals surface area contributed by atoms with E-state index in [9.17, 15) is 9.59 Å². The Labute approximate surface area is 121 Å². The van der Waals surface area contributed by atoms with E-state index in [-0.39, 0.29) is 28.9 Å². The molecular formula is C15H27N3O2. The summed E-state index contributed by atoms with van der Waals surface area (Å²) in [4.78, 5) is 26.6. The average molecular weight is 281 g/mol. The van der Waals surface area contributed by atoms with Crippen molar-refractivity contribution in [2.45, 2.75) is 70.5 Å². The van der Waals surface area contributed by atoms with Crippen molar-refractivity contribution >= 4 is 11.9 Å². The first-order valence-electron chi connectivity index (χ1n) is 7.54. The Morgan fingerprint density at radius 3 is 2.25 bits per heavy atom. The Kier molecular flexibility index (Phi) is 3.40. The van der Waals surface area contributed by atoms with Crippen molar-refractivity contribution in [1.82, 2.24) is 15.5 Å². The molecule has 0 aromatic carbocycles. The van der Waals surface area contributed by atoms with Crippen LogP contribution in [0, 0.1) is 5.92 Å². The lowest BCUT2D eigenvalue weighted by Crippen LogP contribution is -2.74. The molecule has 1 spiro atoms. The van der Waals surface area contributed by atoms with Crippen LogP contribution in [0.1, 0.15) is 53.9 Å². The minimum atomic E-state index is -0.779. The molecule has 20 heavy (non-hydrogen) atoms. The monoisotopic (exact) mass is 281 g/mol. The van der Waals surface area contributed by atoms with E-state index in [1.807, 2.05) is 0 Å². The van der Waals surface area contributed by atoms with Crippen LogP contribution in [-0.4, -0.2) is 40.5 Å². The van der Waals surface area contributed by atoms with Crippen molar-refractivity contribution in [3.05, 3.63) is 0 Å². The predicted octanol–water partition coefficient (Wildman–Crippen LogP) is 1.87. The van der Waals surface area contributed by atoms with Crippen molar-refractivity contribution in [2.24, 2.45) is 5.92 Å². The average Bonchev–Trinajstić information content (AvgIpc) is 2.69. The van der Waals surface area contributed by atoms with Gasteiger partial charge in [-0.15, -0.1) is 0 Å². The molecule has 4 atom stereocenters. The fourth-order valence-corrected chi connectivity index (χ4v) is 4.15. The molecule has 5 heteroatoms. The lowest BCUT2D eigenvalue weighted by atomic mass is 9.60. The van der Waals surface area contributed by atoms with Gasteiger partial charge in [0.2, 0.25) is 0 Å². The first-order valence-corrected chi connectivity index (χ1v) is 7.54. The Bertz CT molecular complexity index is 452. The molecular weight excluding hydrogens is 254 g/mol. The Hall–Kier alpha value is -1.10. The number of likely N-dealkylation sites (tertiary alicyclic amines) is 1. The highest BCUT2D eigenvalue weighted by Gasteiger charge is 2.63. The molecule has 0 aliphatic carbocycles. The van der Waals surface area contributed by atoms with E-state index < -0.39 is 5.54 Å². The van der Waals surface area contributed by atoms with Crippen LogP contribution in [0.5, 0.6) is 0 Å². The lowest BCUT2D eigenvalue weighted by molar-refractivity contribution is -0.145. The zero-order chi connectivity index (χ0) is 15.3. The number of amides is 3. The number of imide groups is 1. The summed E-state index contributed by atoms with van der Waals surface area (Å²) in [6.45, 7) is 10.8. The van der Waals surface area contributed by atoms with Crippen LogP contribution < -0.4 is 10.6 Å². The summed E-state index contributed by atoms with van der Waals surface area (Å²) in [6.07, 6.45) is 2.53. The molecule has 2 rings (SSSR count). The molecule has 2 N–H and O–H groups in total. The molecule has 4 unspecified atom stereocenters. The van der Waals surface area contributed by atoms with E-state index in [0.717, 1.165) is 12.8 Å². The molecule has 0 bridgehead atoms. The van der Waals surface area contributed by atoms with Gasteiger partial charge in [-0.25, -0.2) is 4.79 Å². The van der Waals surface area contributed by atoms with Crippen LogP contribution in [0.15, 0.2) is 0 Å². The second-order valence-corrected chi connectivity index (χ2v) is 6.90. The van der Waals surface area contributed by atoms with Gasteiger partial charge in [-0.2, -0.15) is 0 Å². The molecule has 114 valence electrons. The number of hydrogen-bond donors (Lipinski definition) is 2. The summed E-state index contributed by atoms with van der Waals surface area (Å²) >= 11 is 0. The largest absolute Gasteiger partial charge is 0.323 e. The van der Waals surface area contributed by atoms with Crippen LogP contribution >= 0.6 is 0 Å². The fourth-order valence-electron chi connectivity index (χ4n) is 4.15. The summed E-state index contributed by atoms with van der Waals surface area (Å²) in [5.74, 6) is -0.112. The van der Waals surface area contributed by atoms with Crippen LogP contribution in [-0.2, 0) is 4.79 Å². The van der Waals surface area contributed by atoms with Crippen molar-refractivity contribution < 1.29 is 9.59 Å². The number of nitrogens with one attached hydrogen (secondary N) is 2. The number of urea groups is 1. The van der Waals surface area contributed by atoms with E-state index in [4.69, 9.17) is 0 Å². The highest BCUT2D eigenvalue weighted by molar-refractivity contribution is 6.07. The fraction of sp³-hybridized carbons (Fsp3) is 0.867. The summed E-state index contributed by atoms with van der Waals surface area (Å²) in [5.41, 5.74) is -1.01. The maximum Gasteiger partial charge on any atom is 0.322 e. The number of nitrogens with zero attached hydrogens (tertiary/aromatic N) is 1. The summed E-state index contributed by atoms with van der Waals surface area (Å²) in [5, 5.41) is 5.38. The number of rotatable bonds is 2. The molecule has 0 aromatic rings. The van der Waals surface area contributed by atoms with Gasteiger partial charge in [0.05, 0.1) is 0 Å². The van der Waals surface area contributed by atoms with Gasteiger partial charge in [-0.05, 0) is 40.2 Å². The smallest absolute Gasteiger partial charge is 0.322 e. The third-order valence-electron chi connectivity index (χ3n) is 6.35. The molecule has 0 aromatic heterocycles. The first kappa shape index (κ1) is 15.3. The number of hydrogen-bond acceptors (Lipinski definition) is 3. The quantitative estimate of drug-likeness (QED) is 0.760. The van der Waals surface area contributed by atoms with Crippen molar-refractivity contribution in [3.63, 3.8) is 0 Å². The number of carbonyl (C=O) groups excluding carboxylic acids is 2. The molecule has 3 amide bonds. The number of piperidine rings is 1. The van der Waals surface area contributed by atoms with Crippen molar-refractivity contribution in [3.8, 4) is 0 Å². The van der Waals surface area contributed by atoms with Crippen LogP contribution in [0.2, 0.25) is 0 Å². The second-order valence-electron chi connectivity index (χ2n) is 6.90. The normalized spacial score (nSPS) is 45.6. The van der Waals surface area contributed by atoms with Gasteiger partial charge in [0.25, 0.3) is 5.91 Å². The minimum absolute atomic E-state index is 0.0519. The maximum absolute atomic E-state index is 12.5.